The van der Waals surface area contributed by atoms with E-state index in [1.54, 1.807) is 12.3 Å². The summed E-state index contributed by atoms with van der Waals surface area (Å²) in [7, 11) is 0. The van der Waals surface area contributed by atoms with Crippen molar-refractivity contribution in [2.24, 2.45) is 0 Å². The SMILES string of the molecule is CC(NC(=O)CN1CCCCC1CC(=O)O)c1ccco1. The fourth-order valence-corrected chi connectivity index (χ4v) is 2.78. The van der Waals surface area contributed by atoms with Crippen molar-refractivity contribution >= 4 is 11.9 Å². The molecule has 1 aromatic rings. The number of furan rings is 1. The highest BCUT2D eigenvalue weighted by atomic mass is 16.4. The fourth-order valence-electron chi connectivity index (χ4n) is 2.78. The Morgan fingerprint density at radius 3 is 3.00 bits per heavy atom. The highest BCUT2D eigenvalue weighted by Gasteiger charge is 2.26. The van der Waals surface area contributed by atoms with Gasteiger partial charge in [-0.1, -0.05) is 6.42 Å². The summed E-state index contributed by atoms with van der Waals surface area (Å²) in [6.07, 6.45) is 4.55. The van der Waals surface area contributed by atoms with Crippen LogP contribution >= 0.6 is 0 Å². The van der Waals surface area contributed by atoms with Gasteiger partial charge in [-0.2, -0.15) is 0 Å². The molecule has 2 unspecified atom stereocenters. The lowest BCUT2D eigenvalue weighted by atomic mass is 9.99. The van der Waals surface area contributed by atoms with Gasteiger partial charge in [0, 0.05) is 6.04 Å². The molecule has 0 radical (unpaired) electrons. The lowest BCUT2D eigenvalue weighted by Crippen LogP contribution is -2.46. The molecule has 2 heterocycles. The predicted molar refractivity (Wildman–Crippen MR) is 76.7 cm³/mol. The molecule has 1 aliphatic heterocycles. The Labute approximate surface area is 124 Å². The lowest BCUT2D eigenvalue weighted by Gasteiger charge is -2.34. The predicted octanol–water partition coefficient (Wildman–Crippen LogP) is 1.79. The molecule has 21 heavy (non-hydrogen) atoms. The Bertz CT molecular complexity index is 472. The second-order valence-electron chi connectivity index (χ2n) is 5.52. The molecule has 1 aromatic heterocycles. The first-order chi connectivity index (χ1) is 10.1. The molecule has 2 atom stereocenters. The third-order valence-corrected chi connectivity index (χ3v) is 3.85. The zero-order valence-corrected chi connectivity index (χ0v) is 12.2. The van der Waals surface area contributed by atoms with Gasteiger partial charge < -0.3 is 14.8 Å². The van der Waals surface area contributed by atoms with Crippen LogP contribution in [0.15, 0.2) is 22.8 Å². The molecular formula is C15H22N2O4. The van der Waals surface area contributed by atoms with E-state index in [1.807, 2.05) is 17.9 Å². The fraction of sp³-hybridized carbons (Fsp3) is 0.600. The molecule has 0 spiro atoms. The summed E-state index contributed by atoms with van der Waals surface area (Å²) in [5.41, 5.74) is 0. The molecular weight excluding hydrogens is 272 g/mol. The number of hydrogen-bond donors (Lipinski definition) is 2. The number of carboxylic acids is 1. The number of carboxylic acid groups (broad SMARTS) is 1. The van der Waals surface area contributed by atoms with Crippen LogP contribution in [0.4, 0.5) is 0 Å². The number of nitrogens with zero attached hydrogens (tertiary/aromatic N) is 1. The number of aliphatic carboxylic acids is 1. The summed E-state index contributed by atoms with van der Waals surface area (Å²) in [5, 5.41) is 11.8. The van der Waals surface area contributed by atoms with Crippen molar-refractivity contribution in [2.75, 3.05) is 13.1 Å². The minimum Gasteiger partial charge on any atom is -0.481 e. The van der Waals surface area contributed by atoms with Crippen LogP contribution in [-0.4, -0.2) is 41.0 Å². The highest BCUT2D eigenvalue weighted by Crippen LogP contribution is 2.19. The molecule has 1 aliphatic rings. The summed E-state index contributed by atoms with van der Waals surface area (Å²) < 4.78 is 5.25. The van der Waals surface area contributed by atoms with Crippen molar-refractivity contribution in [1.29, 1.82) is 0 Å². The smallest absolute Gasteiger partial charge is 0.304 e. The zero-order valence-electron chi connectivity index (χ0n) is 12.2. The molecule has 1 amide bonds. The van der Waals surface area contributed by atoms with Crippen LogP contribution in [0.2, 0.25) is 0 Å². The maximum absolute atomic E-state index is 12.1. The third-order valence-electron chi connectivity index (χ3n) is 3.85. The van der Waals surface area contributed by atoms with Gasteiger partial charge in [-0.15, -0.1) is 0 Å². The van der Waals surface area contributed by atoms with Crippen molar-refractivity contribution in [3.63, 3.8) is 0 Å². The van der Waals surface area contributed by atoms with Crippen LogP contribution in [0.5, 0.6) is 0 Å². The summed E-state index contributed by atoms with van der Waals surface area (Å²) in [6, 6.07) is 3.38. The first-order valence-electron chi connectivity index (χ1n) is 7.35. The van der Waals surface area contributed by atoms with Gasteiger partial charge in [0.05, 0.1) is 25.3 Å². The number of nitrogens with one attached hydrogen (secondary N) is 1. The Balaban J connectivity index is 1.86. The van der Waals surface area contributed by atoms with Gasteiger partial charge in [0.25, 0.3) is 0 Å². The van der Waals surface area contributed by atoms with Gasteiger partial charge in [-0.25, -0.2) is 0 Å². The zero-order chi connectivity index (χ0) is 15.2. The van der Waals surface area contributed by atoms with E-state index in [0.717, 1.165) is 25.8 Å². The Hall–Kier alpha value is -1.82. The third kappa shape index (κ3) is 4.60. The standard InChI is InChI=1S/C15H22N2O4/c1-11(13-6-4-8-21-13)16-14(18)10-17-7-3-2-5-12(17)9-15(19)20/h4,6,8,11-12H,2-3,5,7,9-10H2,1H3,(H,16,18)(H,19,20). The van der Waals surface area contributed by atoms with E-state index in [4.69, 9.17) is 9.52 Å². The number of carbonyl (C=O) groups excluding carboxylic acids is 1. The van der Waals surface area contributed by atoms with Crippen LogP contribution in [0.25, 0.3) is 0 Å². The summed E-state index contributed by atoms with van der Waals surface area (Å²) in [4.78, 5) is 25.0. The number of carbonyl (C=O) groups is 2. The van der Waals surface area contributed by atoms with Crippen molar-refractivity contribution in [2.45, 2.75) is 44.7 Å². The first kappa shape index (κ1) is 15.6. The van der Waals surface area contributed by atoms with E-state index in [1.165, 1.54) is 0 Å². The number of amides is 1. The normalized spacial score (nSPS) is 20.9. The second-order valence-corrected chi connectivity index (χ2v) is 5.52. The van der Waals surface area contributed by atoms with E-state index in [9.17, 15) is 9.59 Å². The van der Waals surface area contributed by atoms with E-state index in [-0.39, 0.29) is 31.0 Å². The number of rotatable bonds is 6. The number of likely N-dealkylation sites (tertiary alicyclic amines) is 1. The van der Waals surface area contributed by atoms with Crippen molar-refractivity contribution in [1.82, 2.24) is 10.2 Å². The lowest BCUT2D eigenvalue weighted by molar-refractivity contribution is -0.139. The molecule has 2 N–H and O–H groups in total. The van der Waals surface area contributed by atoms with Gasteiger partial charge >= 0.3 is 5.97 Å². The number of hydrogen-bond acceptors (Lipinski definition) is 4. The summed E-state index contributed by atoms with van der Waals surface area (Å²) in [5.74, 6) is -0.198. The van der Waals surface area contributed by atoms with Gasteiger partial charge in [-0.05, 0) is 38.4 Å². The van der Waals surface area contributed by atoms with E-state index in [0.29, 0.717) is 5.76 Å². The molecule has 0 aliphatic carbocycles. The quantitative estimate of drug-likeness (QED) is 0.835. The van der Waals surface area contributed by atoms with E-state index >= 15 is 0 Å². The average Bonchev–Trinajstić information content (AvgIpc) is 2.94. The molecule has 0 bridgehead atoms. The minimum atomic E-state index is -0.809. The van der Waals surface area contributed by atoms with Gasteiger partial charge in [-0.3, -0.25) is 14.5 Å². The van der Waals surface area contributed by atoms with Crippen LogP contribution < -0.4 is 5.32 Å². The van der Waals surface area contributed by atoms with Crippen LogP contribution in [0, 0.1) is 0 Å². The first-order valence-corrected chi connectivity index (χ1v) is 7.35. The second kappa shape index (κ2) is 7.26. The Kier molecular flexibility index (Phi) is 5.38. The van der Waals surface area contributed by atoms with Crippen molar-refractivity contribution < 1.29 is 19.1 Å². The largest absolute Gasteiger partial charge is 0.481 e. The summed E-state index contributed by atoms with van der Waals surface area (Å²) >= 11 is 0. The topological polar surface area (TPSA) is 82.8 Å². The van der Waals surface area contributed by atoms with Crippen LogP contribution in [-0.2, 0) is 9.59 Å². The molecule has 116 valence electrons. The Morgan fingerprint density at radius 1 is 1.52 bits per heavy atom. The average molecular weight is 294 g/mol. The van der Waals surface area contributed by atoms with Gasteiger partial charge in [0.15, 0.2) is 0 Å². The van der Waals surface area contributed by atoms with Gasteiger partial charge in [0.1, 0.15) is 5.76 Å². The molecule has 6 heteroatoms. The van der Waals surface area contributed by atoms with Crippen molar-refractivity contribution in [3.05, 3.63) is 24.2 Å². The Morgan fingerprint density at radius 2 is 2.33 bits per heavy atom. The molecule has 1 fully saturated rings. The van der Waals surface area contributed by atoms with Crippen LogP contribution in [0.1, 0.15) is 44.4 Å². The van der Waals surface area contributed by atoms with Gasteiger partial charge in [0.2, 0.25) is 5.91 Å². The van der Waals surface area contributed by atoms with E-state index in [2.05, 4.69) is 5.32 Å². The van der Waals surface area contributed by atoms with E-state index < -0.39 is 5.97 Å². The monoisotopic (exact) mass is 294 g/mol. The molecule has 1 saturated heterocycles. The van der Waals surface area contributed by atoms with Crippen molar-refractivity contribution in [3.8, 4) is 0 Å². The molecule has 6 nitrogen and oxygen atoms in total. The maximum atomic E-state index is 12.1. The highest BCUT2D eigenvalue weighted by molar-refractivity contribution is 5.78. The number of piperidine rings is 1. The summed E-state index contributed by atoms with van der Waals surface area (Å²) in [6.45, 7) is 2.88. The minimum absolute atomic E-state index is 0.0408. The molecule has 2 rings (SSSR count). The molecule has 0 aromatic carbocycles. The molecule has 0 saturated carbocycles. The van der Waals surface area contributed by atoms with Crippen LogP contribution in [0.3, 0.4) is 0 Å². The maximum Gasteiger partial charge on any atom is 0.304 e.